The van der Waals surface area contributed by atoms with Crippen molar-refractivity contribution in [1.29, 1.82) is 0 Å². The van der Waals surface area contributed by atoms with Crippen LogP contribution in [0.25, 0.3) is 0 Å². The molecule has 72 valence electrons. The molecule has 4 N–H and O–H groups in total. The van der Waals surface area contributed by atoms with E-state index in [1.807, 2.05) is 0 Å². The lowest BCUT2D eigenvalue weighted by atomic mass is 10.1. The normalized spacial score (nSPS) is 21.1. The summed E-state index contributed by atoms with van der Waals surface area (Å²) in [5, 5.41) is 34.6. The number of halogens is 1. The fourth-order valence-corrected chi connectivity index (χ4v) is 0.604. The zero-order valence-electron chi connectivity index (χ0n) is 6.17. The lowest BCUT2D eigenvalue weighted by Crippen LogP contribution is -2.44. The van der Waals surface area contributed by atoms with E-state index in [2.05, 4.69) is 0 Å². The number of carbonyl (C=O) groups excluding carboxylic acids is 1. The summed E-state index contributed by atoms with van der Waals surface area (Å²) in [5.74, 6) is 0. The molecule has 0 aliphatic carbocycles. The Kier molecular flexibility index (Phi) is 4.91. The van der Waals surface area contributed by atoms with E-state index in [-0.39, 0.29) is 6.29 Å². The van der Waals surface area contributed by atoms with E-state index in [0.717, 1.165) is 0 Å². The van der Waals surface area contributed by atoms with E-state index >= 15 is 0 Å². The van der Waals surface area contributed by atoms with Crippen molar-refractivity contribution in [2.75, 3.05) is 6.61 Å². The summed E-state index contributed by atoms with van der Waals surface area (Å²) in [6.07, 6.45) is -7.99. The molecule has 0 aliphatic heterocycles. The monoisotopic (exact) mass is 182 g/mol. The van der Waals surface area contributed by atoms with Gasteiger partial charge in [-0.25, -0.2) is 4.39 Å². The molecule has 0 bridgehead atoms. The highest BCUT2D eigenvalue weighted by atomic mass is 19.1. The van der Waals surface area contributed by atoms with Gasteiger partial charge in [-0.1, -0.05) is 0 Å². The Morgan fingerprint density at radius 3 is 2.08 bits per heavy atom. The third-order valence-corrected chi connectivity index (χ3v) is 1.39. The van der Waals surface area contributed by atoms with Gasteiger partial charge in [-0.05, 0) is 0 Å². The first kappa shape index (κ1) is 11.4. The lowest BCUT2D eigenvalue weighted by molar-refractivity contribution is -0.127. The summed E-state index contributed by atoms with van der Waals surface area (Å²) in [6.45, 7) is -0.816. The molecule has 0 aromatic heterocycles. The number of hydrogen-bond donors (Lipinski definition) is 4. The molecule has 0 radical (unpaired) electrons. The molecule has 0 amide bonds. The van der Waals surface area contributed by atoms with E-state index in [1.54, 1.807) is 0 Å². The molecule has 0 rings (SSSR count). The van der Waals surface area contributed by atoms with Crippen LogP contribution < -0.4 is 0 Å². The molecule has 0 spiro atoms. The Morgan fingerprint density at radius 2 is 1.75 bits per heavy atom. The van der Waals surface area contributed by atoms with Crippen LogP contribution in [0.4, 0.5) is 4.39 Å². The molecule has 0 aliphatic rings. The summed E-state index contributed by atoms with van der Waals surface area (Å²) < 4.78 is 12.3. The summed E-state index contributed by atoms with van der Waals surface area (Å²) >= 11 is 0. The molecule has 0 saturated carbocycles. The summed E-state index contributed by atoms with van der Waals surface area (Å²) in [5.41, 5.74) is 0. The van der Waals surface area contributed by atoms with Crippen molar-refractivity contribution in [3.8, 4) is 0 Å². The van der Waals surface area contributed by atoms with Crippen LogP contribution in [0.15, 0.2) is 0 Å². The minimum absolute atomic E-state index is 0.196. The van der Waals surface area contributed by atoms with Gasteiger partial charge in [0, 0.05) is 0 Å². The van der Waals surface area contributed by atoms with E-state index in [4.69, 9.17) is 20.4 Å². The topological polar surface area (TPSA) is 98.0 Å². The predicted molar refractivity (Wildman–Crippen MR) is 36.1 cm³/mol. The van der Waals surface area contributed by atoms with E-state index in [0.29, 0.717) is 0 Å². The first-order chi connectivity index (χ1) is 5.54. The first-order valence-electron chi connectivity index (χ1n) is 3.29. The second-order valence-corrected chi connectivity index (χ2v) is 2.31. The Hall–Kier alpha value is -0.560. The molecule has 0 unspecified atom stereocenters. The first-order valence-corrected chi connectivity index (χ1v) is 3.29. The molecule has 0 aromatic carbocycles. The molecule has 0 aromatic rings. The van der Waals surface area contributed by atoms with Gasteiger partial charge in [0.1, 0.15) is 18.3 Å². The van der Waals surface area contributed by atoms with Gasteiger partial charge in [0.05, 0.1) is 6.61 Å². The zero-order valence-corrected chi connectivity index (χ0v) is 6.17. The van der Waals surface area contributed by atoms with Crippen molar-refractivity contribution in [2.24, 2.45) is 0 Å². The Labute approximate surface area is 68.1 Å². The van der Waals surface area contributed by atoms with Crippen molar-refractivity contribution in [3.05, 3.63) is 0 Å². The Balaban J connectivity index is 4.07. The maximum atomic E-state index is 12.3. The smallest absolute Gasteiger partial charge is 0.183 e. The number of aliphatic hydroxyl groups excluding tert-OH is 4. The van der Waals surface area contributed by atoms with Crippen LogP contribution >= 0.6 is 0 Å². The molecule has 0 fully saturated rings. The van der Waals surface area contributed by atoms with Crippen molar-refractivity contribution >= 4 is 6.29 Å². The molecule has 0 heterocycles. The van der Waals surface area contributed by atoms with E-state index in [9.17, 15) is 9.18 Å². The fourth-order valence-electron chi connectivity index (χ4n) is 0.604. The lowest BCUT2D eigenvalue weighted by Gasteiger charge is -2.21. The average Bonchev–Trinajstić information content (AvgIpc) is 2.12. The van der Waals surface area contributed by atoms with Crippen LogP contribution in [0.3, 0.4) is 0 Å². The third kappa shape index (κ3) is 2.82. The van der Waals surface area contributed by atoms with Gasteiger partial charge >= 0.3 is 0 Å². The minimum atomic E-state index is -2.26. The van der Waals surface area contributed by atoms with Crippen molar-refractivity contribution < 1.29 is 29.6 Å². The maximum absolute atomic E-state index is 12.3. The molecule has 0 saturated heterocycles. The molecule has 12 heavy (non-hydrogen) atoms. The second-order valence-electron chi connectivity index (χ2n) is 2.31. The van der Waals surface area contributed by atoms with E-state index in [1.165, 1.54) is 0 Å². The highest BCUT2D eigenvalue weighted by Gasteiger charge is 2.30. The maximum Gasteiger partial charge on any atom is 0.183 e. The van der Waals surface area contributed by atoms with Gasteiger partial charge in [0.25, 0.3) is 0 Å². The quantitative estimate of drug-likeness (QED) is 0.355. The standard InChI is InChI=1S/C6H11FO5/c7-3(1-8)5(11)6(12)4(10)2-9/h1,3-6,9-12H,2H2/t3-,4+,5+,6+/m1/s1. The molecule has 5 nitrogen and oxygen atoms in total. The fraction of sp³-hybridized carbons (Fsp3) is 0.833. The molecule has 4 atom stereocenters. The summed E-state index contributed by atoms with van der Waals surface area (Å²) in [7, 11) is 0. The summed E-state index contributed by atoms with van der Waals surface area (Å²) in [6, 6.07) is 0. The van der Waals surface area contributed by atoms with Gasteiger partial charge in [0.2, 0.25) is 0 Å². The number of carbonyl (C=O) groups is 1. The second kappa shape index (κ2) is 5.15. The van der Waals surface area contributed by atoms with Gasteiger partial charge in [-0.3, -0.25) is 0 Å². The van der Waals surface area contributed by atoms with E-state index < -0.39 is 31.1 Å². The summed E-state index contributed by atoms with van der Waals surface area (Å²) in [4.78, 5) is 9.77. The van der Waals surface area contributed by atoms with Crippen LogP contribution in [0.5, 0.6) is 0 Å². The number of rotatable bonds is 5. The highest BCUT2D eigenvalue weighted by Crippen LogP contribution is 2.05. The van der Waals surface area contributed by atoms with Crippen LogP contribution in [0.2, 0.25) is 0 Å². The van der Waals surface area contributed by atoms with Crippen molar-refractivity contribution in [3.63, 3.8) is 0 Å². The van der Waals surface area contributed by atoms with Crippen LogP contribution in [-0.2, 0) is 4.79 Å². The Bertz CT molecular complexity index is 142. The van der Waals surface area contributed by atoms with Crippen LogP contribution in [0, 0.1) is 0 Å². The SMILES string of the molecule is O=C[C@@H](F)[C@H](O)[C@@H](O)[C@@H](O)CO. The van der Waals surface area contributed by atoms with Crippen molar-refractivity contribution in [2.45, 2.75) is 24.5 Å². The van der Waals surface area contributed by atoms with Crippen LogP contribution in [-0.4, -0.2) is 57.8 Å². The minimum Gasteiger partial charge on any atom is -0.394 e. The van der Waals surface area contributed by atoms with Gasteiger partial charge in [-0.15, -0.1) is 0 Å². The average molecular weight is 182 g/mol. The van der Waals surface area contributed by atoms with Crippen molar-refractivity contribution in [1.82, 2.24) is 0 Å². The van der Waals surface area contributed by atoms with Gasteiger partial charge in [-0.2, -0.15) is 0 Å². The molecular formula is C6H11FO5. The molecule has 6 heteroatoms. The largest absolute Gasteiger partial charge is 0.394 e. The zero-order chi connectivity index (χ0) is 9.72. The predicted octanol–water partition coefficient (Wildman–Crippen LogP) is -2.40. The number of aldehydes is 1. The third-order valence-electron chi connectivity index (χ3n) is 1.39. The highest BCUT2D eigenvalue weighted by molar-refractivity contribution is 5.56. The van der Waals surface area contributed by atoms with Crippen LogP contribution in [0.1, 0.15) is 0 Å². The number of hydrogen-bond acceptors (Lipinski definition) is 5. The molecular weight excluding hydrogens is 171 g/mol. The van der Waals surface area contributed by atoms with Gasteiger partial charge < -0.3 is 25.2 Å². The Morgan fingerprint density at radius 1 is 1.25 bits per heavy atom. The number of alkyl halides is 1. The number of aliphatic hydroxyl groups is 4. The van der Waals surface area contributed by atoms with Gasteiger partial charge in [0.15, 0.2) is 12.5 Å².